The van der Waals surface area contributed by atoms with Crippen molar-refractivity contribution in [2.75, 3.05) is 17.2 Å². The minimum Gasteiger partial charge on any atom is -0.352 e. The Hall–Kier alpha value is -3.62. The van der Waals surface area contributed by atoms with Crippen molar-refractivity contribution < 1.29 is 14.0 Å². The molecule has 6 rings (SSSR count). The van der Waals surface area contributed by atoms with Crippen molar-refractivity contribution in [1.29, 1.82) is 0 Å². The third kappa shape index (κ3) is 4.93. The Bertz CT molecular complexity index is 1510. The van der Waals surface area contributed by atoms with Gasteiger partial charge in [0, 0.05) is 22.2 Å². The molecule has 1 aliphatic carbocycles. The predicted octanol–water partition coefficient (Wildman–Crippen LogP) is 5.78. The highest BCUT2D eigenvalue weighted by molar-refractivity contribution is 8.00. The maximum Gasteiger partial charge on any atom is 0.240 e. The molecule has 38 heavy (non-hydrogen) atoms. The molecule has 1 atom stereocenters. The second kappa shape index (κ2) is 10.3. The van der Waals surface area contributed by atoms with Gasteiger partial charge in [0.25, 0.3) is 0 Å². The van der Waals surface area contributed by atoms with Gasteiger partial charge in [-0.1, -0.05) is 54.1 Å². The zero-order valence-electron chi connectivity index (χ0n) is 20.3. The number of rotatable bonds is 6. The van der Waals surface area contributed by atoms with E-state index in [1.807, 2.05) is 54.6 Å². The predicted molar refractivity (Wildman–Crippen MR) is 148 cm³/mol. The molecule has 4 aromatic rings. The fourth-order valence-electron chi connectivity index (χ4n) is 4.67. The van der Waals surface area contributed by atoms with Crippen LogP contribution in [0.15, 0.2) is 78.9 Å². The molecule has 1 N–H and O–H groups in total. The number of benzene rings is 3. The van der Waals surface area contributed by atoms with Crippen LogP contribution in [0.25, 0.3) is 16.9 Å². The molecular weight excluding hydrogens is 523 g/mol. The van der Waals surface area contributed by atoms with Crippen LogP contribution in [0.5, 0.6) is 0 Å². The van der Waals surface area contributed by atoms with E-state index in [0.29, 0.717) is 22.2 Å². The van der Waals surface area contributed by atoms with Crippen LogP contribution in [0.2, 0.25) is 5.02 Å². The summed E-state index contributed by atoms with van der Waals surface area (Å²) in [4.78, 5) is 28.1. The first-order chi connectivity index (χ1) is 18.5. The highest BCUT2D eigenvalue weighted by atomic mass is 35.5. The van der Waals surface area contributed by atoms with Crippen molar-refractivity contribution in [2.24, 2.45) is 0 Å². The van der Waals surface area contributed by atoms with Gasteiger partial charge in [-0.05, 0) is 54.8 Å². The van der Waals surface area contributed by atoms with Gasteiger partial charge in [0.05, 0.1) is 22.4 Å². The number of aromatic nitrogens is 2. The zero-order valence-corrected chi connectivity index (χ0v) is 21.9. The fourth-order valence-corrected chi connectivity index (χ4v) is 6.05. The highest BCUT2D eigenvalue weighted by Crippen LogP contribution is 2.48. The van der Waals surface area contributed by atoms with E-state index in [0.717, 1.165) is 29.5 Å². The van der Waals surface area contributed by atoms with Crippen molar-refractivity contribution in [3.8, 4) is 16.9 Å². The van der Waals surface area contributed by atoms with Crippen LogP contribution in [0, 0.1) is 5.82 Å². The normalized spacial score (nSPS) is 17.2. The quantitative estimate of drug-likeness (QED) is 0.333. The van der Waals surface area contributed by atoms with Crippen LogP contribution in [0.4, 0.5) is 10.2 Å². The third-order valence-corrected chi connectivity index (χ3v) is 8.09. The summed E-state index contributed by atoms with van der Waals surface area (Å²) in [6.07, 6.45) is 1.90. The van der Waals surface area contributed by atoms with E-state index in [1.54, 1.807) is 16.8 Å². The molecule has 1 aliphatic heterocycles. The molecule has 0 spiro atoms. The average Bonchev–Trinajstić information content (AvgIpc) is 3.67. The lowest BCUT2D eigenvalue weighted by atomic mass is 9.99. The van der Waals surface area contributed by atoms with Gasteiger partial charge in [0.15, 0.2) is 0 Å². The van der Waals surface area contributed by atoms with Gasteiger partial charge >= 0.3 is 0 Å². The first kappa shape index (κ1) is 24.7. The van der Waals surface area contributed by atoms with Crippen LogP contribution in [-0.2, 0) is 9.59 Å². The molecule has 3 aromatic carbocycles. The number of nitrogens with zero attached hydrogens (tertiary/aromatic N) is 3. The summed E-state index contributed by atoms with van der Waals surface area (Å²) < 4.78 is 15.5. The number of halogens is 2. The topological polar surface area (TPSA) is 67.2 Å². The number of carbonyl (C=O) groups excluding carboxylic acids is 2. The molecule has 2 heterocycles. The molecule has 0 saturated heterocycles. The van der Waals surface area contributed by atoms with E-state index in [9.17, 15) is 14.0 Å². The lowest BCUT2D eigenvalue weighted by Crippen LogP contribution is -2.43. The Balaban J connectivity index is 1.60. The number of nitrogens with one attached hydrogen (secondary N) is 1. The van der Waals surface area contributed by atoms with Crippen molar-refractivity contribution in [3.05, 3.63) is 101 Å². The number of hydrogen-bond acceptors (Lipinski definition) is 4. The number of hydrogen-bond donors (Lipinski definition) is 1. The summed E-state index contributed by atoms with van der Waals surface area (Å²) in [6.45, 7) is -0.133. The van der Waals surface area contributed by atoms with E-state index >= 15 is 0 Å². The molecule has 0 radical (unpaired) electrons. The van der Waals surface area contributed by atoms with E-state index in [2.05, 4.69) is 5.32 Å². The van der Waals surface area contributed by atoms with Crippen molar-refractivity contribution in [3.63, 3.8) is 0 Å². The Morgan fingerprint density at radius 1 is 1.05 bits per heavy atom. The van der Waals surface area contributed by atoms with Crippen LogP contribution in [0.1, 0.15) is 29.2 Å². The van der Waals surface area contributed by atoms with Gasteiger partial charge in [-0.25, -0.2) is 9.07 Å². The van der Waals surface area contributed by atoms with Gasteiger partial charge in [0.2, 0.25) is 11.8 Å². The summed E-state index contributed by atoms with van der Waals surface area (Å²) in [5, 5.41) is 8.29. The van der Waals surface area contributed by atoms with Crippen molar-refractivity contribution in [2.45, 2.75) is 24.1 Å². The van der Waals surface area contributed by atoms with Gasteiger partial charge in [0.1, 0.15) is 18.2 Å². The molecule has 6 nitrogen and oxygen atoms in total. The Labute approximate surface area is 228 Å². The first-order valence-corrected chi connectivity index (χ1v) is 13.8. The number of carbonyl (C=O) groups is 2. The first-order valence-electron chi connectivity index (χ1n) is 12.4. The number of thioether (sulfide) groups is 1. The van der Waals surface area contributed by atoms with E-state index in [-0.39, 0.29) is 41.2 Å². The maximum atomic E-state index is 13.9. The van der Waals surface area contributed by atoms with Gasteiger partial charge in [-0.15, -0.1) is 11.8 Å². The fraction of sp³-hybridized carbons (Fsp3) is 0.207. The Morgan fingerprint density at radius 2 is 1.82 bits per heavy atom. The molecule has 9 heteroatoms. The minimum absolute atomic E-state index is 0.133. The van der Waals surface area contributed by atoms with Crippen LogP contribution < -0.4 is 10.2 Å². The SMILES string of the molecule is O=C(CN1C(=O)CS[C@@H](c2cccc(Cl)c2)c2c(-c3ccccc3)nn(-c3ccc(F)cc3)c21)NC1CC1. The molecule has 1 fully saturated rings. The highest BCUT2D eigenvalue weighted by Gasteiger charge is 2.38. The van der Waals surface area contributed by atoms with Gasteiger partial charge < -0.3 is 5.32 Å². The lowest BCUT2D eigenvalue weighted by molar-refractivity contribution is -0.123. The second-order valence-corrected chi connectivity index (χ2v) is 10.9. The molecular formula is C29H24ClFN4O2S. The maximum absolute atomic E-state index is 13.9. The minimum atomic E-state index is -0.376. The molecule has 2 amide bonds. The number of fused-ring (bicyclic) bond motifs is 1. The summed E-state index contributed by atoms with van der Waals surface area (Å²) >= 11 is 7.87. The Morgan fingerprint density at radius 3 is 2.53 bits per heavy atom. The molecule has 192 valence electrons. The van der Waals surface area contributed by atoms with Crippen molar-refractivity contribution >= 4 is 41.0 Å². The molecule has 0 bridgehead atoms. The molecule has 1 aromatic heterocycles. The van der Waals surface area contributed by atoms with Crippen molar-refractivity contribution in [1.82, 2.24) is 15.1 Å². The van der Waals surface area contributed by atoms with E-state index in [1.165, 1.54) is 28.8 Å². The summed E-state index contributed by atoms with van der Waals surface area (Å²) in [6, 6.07) is 23.4. The van der Waals surface area contributed by atoms with Crippen LogP contribution >= 0.6 is 23.4 Å². The van der Waals surface area contributed by atoms with E-state index < -0.39 is 0 Å². The average molecular weight is 547 g/mol. The summed E-state index contributed by atoms with van der Waals surface area (Å²) in [5.41, 5.74) is 3.87. The second-order valence-electron chi connectivity index (χ2n) is 9.41. The monoisotopic (exact) mass is 546 g/mol. The number of anilines is 1. The molecule has 2 aliphatic rings. The molecule has 0 unspecified atom stereocenters. The Kier molecular flexibility index (Phi) is 6.68. The van der Waals surface area contributed by atoms with Crippen LogP contribution in [-0.4, -0.2) is 39.9 Å². The number of amides is 2. The largest absolute Gasteiger partial charge is 0.352 e. The van der Waals surface area contributed by atoms with Gasteiger partial charge in [-0.3, -0.25) is 14.5 Å². The third-order valence-electron chi connectivity index (χ3n) is 6.60. The smallest absolute Gasteiger partial charge is 0.240 e. The summed E-state index contributed by atoms with van der Waals surface area (Å²) in [7, 11) is 0. The van der Waals surface area contributed by atoms with E-state index in [4.69, 9.17) is 16.7 Å². The van der Waals surface area contributed by atoms with Crippen LogP contribution in [0.3, 0.4) is 0 Å². The standard InChI is InChI=1S/C29H24ClFN4O2S/c30-20-8-4-7-19(15-20)28-26-27(18-5-2-1-3-6-18)33-35(23-13-9-21(31)10-14-23)29(26)34(25(37)17-38-28)16-24(36)32-22-11-12-22/h1-10,13-15,22,28H,11-12,16-17H2,(H,32,36)/t28-/m0/s1. The zero-order chi connectivity index (χ0) is 26.2. The molecule has 1 saturated carbocycles. The lowest BCUT2D eigenvalue weighted by Gasteiger charge is -2.23. The van der Waals surface area contributed by atoms with Gasteiger partial charge in [-0.2, -0.15) is 5.10 Å². The summed E-state index contributed by atoms with van der Waals surface area (Å²) in [5.74, 6) is -0.123.